The molecule has 2 saturated heterocycles. The zero-order chi connectivity index (χ0) is 50.2. The molecule has 69 heavy (non-hydrogen) atoms. The minimum absolute atomic E-state index is 0.0266. The average Bonchev–Trinajstić information content (AvgIpc) is 3.47. The molecule has 2 aromatic rings. The maximum absolute atomic E-state index is 16.0. The lowest BCUT2D eigenvalue weighted by molar-refractivity contribution is -0.277. The third-order valence-electron chi connectivity index (χ3n) is 15.1. The largest absolute Gasteiger partial charge is 0.482 e. The lowest BCUT2D eigenvalue weighted by Gasteiger charge is -2.64. The number of methoxy groups -OCH3 is 1. The van der Waals surface area contributed by atoms with Crippen LogP contribution in [0.4, 0.5) is 0 Å². The van der Waals surface area contributed by atoms with Crippen molar-refractivity contribution in [3.63, 3.8) is 0 Å². The van der Waals surface area contributed by atoms with Gasteiger partial charge in [0, 0.05) is 23.5 Å². The molecule has 5 N–H and O–H groups in total. The number of allylic oxidation sites excluding steroid dienone is 4. The predicted molar refractivity (Wildman–Crippen MR) is 251 cm³/mol. The van der Waals surface area contributed by atoms with Crippen molar-refractivity contribution in [2.45, 2.75) is 153 Å². The number of fused-ring (bicyclic) bond motifs is 2. The first kappa shape index (κ1) is 50.2. The van der Waals surface area contributed by atoms with E-state index in [1.165, 1.54) is 31.4 Å². The molecule has 372 valence electrons. The van der Waals surface area contributed by atoms with Crippen LogP contribution in [0.5, 0.6) is 23.0 Å². The van der Waals surface area contributed by atoms with Crippen molar-refractivity contribution in [1.82, 2.24) is 5.32 Å². The number of nitrogens with one attached hydrogen (secondary N) is 1. The Kier molecular flexibility index (Phi) is 13.2. The minimum Gasteiger partial charge on any atom is -0.482 e. The van der Waals surface area contributed by atoms with E-state index < -0.39 is 94.8 Å². The Labute approximate surface area is 402 Å². The molecule has 0 radical (unpaired) electrons. The van der Waals surface area contributed by atoms with E-state index >= 15 is 9.59 Å². The van der Waals surface area contributed by atoms with Crippen molar-refractivity contribution < 1.29 is 72.8 Å². The molecule has 3 saturated carbocycles. The number of carbonyl (C=O) groups excluding carboxylic acids is 4. The van der Waals surface area contributed by atoms with Gasteiger partial charge in [-0.1, -0.05) is 29.4 Å². The van der Waals surface area contributed by atoms with E-state index in [1.807, 2.05) is 66.7 Å². The number of aliphatic hydroxyl groups is 4. The molecule has 6 unspecified atom stereocenters. The van der Waals surface area contributed by atoms with Crippen LogP contribution in [-0.4, -0.2) is 123 Å². The van der Waals surface area contributed by atoms with Gasteiger partial charge in [0.1, 0.15) is 52.8 Å². The van der Waals surface area contributed by atoms with Crippen molar-refractivity contribution in [1.29, 1.82) is 0 Å². The minimum atomic E-state index is -1.76. The smallest absolute Gasteiger partial charge is 0.343 e. The van der Waals surface area contributed by atoms with Crippen LogP contribution in [0, 0.1) is 11.8 Å². The standard InChI is InChI=1S/C53H65NO15/c1-27(2)12-11-21-50(8)22-20-33-42(67-50)32(18-13-28(3)4)44-37(43(33)66-46(61)30-14-16-31(17-15-30)64-47-41(59)40(58)39(57)35(26-55)65-47)38(56)34-24-51(54-9)25-36-49(6,7)69-52(48(51)62,53(34,36)68-44)23-19-29(5)45(60)63-10/h12-17,19-20,22,34-36,39-41,47,54-55,57-59H,11,18,21,23-26H2,1-10H3/b29-19-/t34?,35-,36?,39-,40+,41-,47-,50?,51?,52?,53?/m1/s1. The van der Waals surface area contributed by atoms with Gasteiger partial charge >= 0.3 is 11.9 Å². The number of aliphatic hydroxyl groups excluding tert-OH is 4. The normalized spacial score (nSPS) is 33.5. The number of ketones is 2. The fraction of sp³-hybridized carbons (Fsp3) is 0.547. The van der Waals surface area contributed by atoms with Gasteiger partial charge in [0.25, 0.3) is 0 Å². The first-order valence-corrected chi connectivity index (χ1v) is 23.6. The van der Waals surface area contributed by atoms with E-state index in [4.69, 9.17) is 33.2 Å². The van der Waals surface area contributed by atoms with Gasteiger partial charge in [0.2, 0.25) is 6.29 Å². The Morgan fingerprint density at radius 3 is 2.23 bits per heavy atom. The van der Waals surface area contributed by atoms with Crippen LogP contribution in [-0.2, 0) is 30.2 Å². The Hall–Kier alpha value is -5.20. The van der Waals surface area contributed by atoms with Crippen LogP contribution in [0.15, 0.2) is 65.3 Å². The lowest BCUT2D eigenvalue weighted by atomic mass is 9.44. The summed E-state index contributed by atoms with van der Waals surface area (Å²) in [6.45, 7) is 14.7. The van der Waals surface area contributed by atoms with E-state index in [9.17, 15) is 30.0 Å². The summed E-state index contributed by atoms with van der Waals surface area (Å²) in [6.07, 6.45) is 3.77. The number of Topliss-reactive ketones (excluding diaryl/α,β-unsaturated/α-hetero) is 2. The summed E-state index contributed by atoms with van der Waals surface area (Å²) in [5.41, 5.74) is -3.01. The Balaban J connectivity index is 1.29. The van der Waals surface area contributed by atoms with Crippen LogP contribution in [0.25, 0.3) is 6.08 Å². The van der Waals surface area contributed by atoms with Crippen LogP contribution in [0.2, 0.25) is 0 Å². The van der Waals surface area contributed by atoms with Crippen molar-refractivity contribution in [3.8, 4) is 23.0 Å². The fourth-order valence-corrected chi connectivity index (χ4v) is 11.4. The summed E-state index contributed by atoms with van der Waals surface area (Å²) < 4.78 is 44.4. The molecule has 0 amide bonds. The summed E-state index contributed by atoms with van der Waals surface area (Å²) >= 11 is 0. The summed E-state index contributed by atoms with van der Waals surface area (Å²) in [6, 6.07) is 5.67. The molecule has 7 aliphatic rings. The first-order chi connectivity index (χ1) is 32.5. The van der Waals surface area contributed by atoms with Gasteiger partial charge in [-0.15, -0.1) is 0 Å². The van der Waals surface area contributed by atoms with Gasteiger partial charge in [-0.2, -0.15) is 0 Å². The number of esters is 2. The zero-order valence-electron chi connectivity index (χ0n) is 41.0. The van der Waals surface area contributed by atoms with E-state index in [2.05, 4.69) is 11.4 Å². The van der Waals surface area contributed by atoms with Crippen molar-refractivity contribution in [2.24, 2.45) is 11.8 Å². The van der Waals surface area contributed by atoms with Gasteiger partial charge in [0.15, 0.2) is 28.5 Å². The highest BCUT2D eigenvalue weighted by molar-refractivity contribution is 6.12. The number of carbonyl (C=O) groups is 4. The van der Waals surface area contributed by atoms with Crippen molar-refractivity contribution in [3.05, 3.63) is 87.5 Å². The Morgan fingerprint density at radius 2 is 1.59 bits per heavy atom. The number of hydrogen-bond donors (Lipinski definition) is 5. The topological polar surface area (TPSA) is 226 Å². The van der Waals surface area contributed by atoms with Gasteiger partial charge in [-0.25, -0.2) is 9.59 Å². The van der Waals surface area contributed by atoms with Gasteiger partial charge in [-0.05, 0) is 131 Å². The number of rotatable bonds is 14. The molecule has 16 nitrogen and oxygen atoms in total. The molecule has 3 aliphatic carbocycles. The second kappa shape index (κ2) is 18.2. The summed E-state index contributed by atoms with van der Waals surface area (Å²) in [4.78, 5) is 58.7. The van der Waals surface area contributed by atoms with Crippen LogP contribution in [0.1, 0.15) is 119 Å². The molecule has 9 rings (SSSR count). The third kappa shape index (κ3) is 8.15. The molecule has 4 heterocycles. The van der Waals surface area contributed by atoms with Crippen molar-refractivity contribution >= 4 is 29.6 Å². The number of benzene rings is 2. The molecule has 4 bridgehead atoms. The summed E-state index contributed by atoms with van der Waals surface area (Å²) in [7, 11) is 2.98. The third-order valence-corrected chi connectivity index (χ3v) is 15.1. The van der Waals surface area contributed by atoms with E-state index in [0.717, 1.165) is 11.1 Å². The molecule has 4 aliphatic heterocycles. The highest BCUT2D eigenvalue weighted by atomic mass is 16.7. The van der Waals surface area contributed by atoms with E-state index in [0.29, 0.717) is 36.1 Å². The molecule has 11 atom stereocenters. The maximum Gasteiger partial charge on any atom is 0.343 e. The molecular formula is C53H65NO15. The highest BCUT2D eigenvalue weighted by Crippen LogP contribution is 2.71. The number of hydrogen-bond acceptors (Lipinski definition) is 16. The van der Waals surface area contributed by atoms with Crippen LogP contribution >= 0.6 is 0 Å². The zero-order valence-corrected chi connectivity index (χ0v) is 41.0. The second-order valence-electron chi connectivity index (χ2n) is 20.6. The SMILES string of the molecule is CNC12CC3C(=O)c4c(OC(=O)c5ccc(O[C@@H]6O[C@H](CO)[C@@H](O)[C@H](O)[C@H]6O)cc5)c5c(c(CC=C(C)C)c4OC34C(C1)C(C)(C)OC4(C/C=C(/C)C(=O)OC)C2=O)OC(C)(CCC=C(C)C)C=C5. The molecule has 5 fully saturated rings. The summed E-state index contributed by atoms with van der Waals surface area (Å²) in [5.74, 6) is -3.08. The second-order valence-corrected chi connectivity index (χ2v) is 20.6. The maximum atomic E-state index is 16.0. The fourth-order valence-electron chi connectivity index (χ4n) is 11.4. The van der Waals surface area contributed by atoms with E-state index in [-0.39, 0.29) is 59.0 Å². The lowest BCUT2D eigenvalue weighted by Crippen LogP contribution is -2.83. The summed E-state index contributed by atoms with van der Waals surface area (Å²) in [5, 5.41) is 44.0. The van der Waals surface area contributed by atoms with Crippen LogP contribution < -0.4 is 24.3 Å². The van der Waals surface area contributed by atoms with Crippen molar-refractivity contribution in [2.75, 3.05) is 20.8 Å². The monoisotopic (exact) mass is 955 g/mol. The first-order valence-electron chi connectivity index (χ1n) is 23.6. The number of ether oxygens (including phenoxy) is 7. The molecule has 1 spiro atoms. The van der Waals surface area contributed by atoms with Gasteiger partial charge < -0.3 is 58.9 Å². The Morgan fingerprint density at radius 1 is 0.899 bits per heavy atom. The number of likely N-dealkylation sites (N-methyl/N-ethyl adjacent to an activating group) is 1. The Bertz CT molecular complexity index is 2550. The van der Waals surface area contributed by atoms with Gasteiger partial charge in [-0.3, -0.25) is 9.59 Å². The quantitative estimate of drug-likeness (QED) is 0.0688. The van der Waals surface area contributed by atoms with Crippen LogP contribution in [0.3, 0.4) is 0 Å². The molecule has 16 heteroatoms. The molecule has 2 aromatic carbocycles. The average molecular weight is 956 g/mol. The van der Waals surface area contributed by atoms with Gasteiger partial charge in [0.05, 0.1) is 41.9 Å². The molecular weight excluding hydrogens is 891 g/mol. The predicted octanol–water partition coefficient (Wildman–Crippen LogP) is 5.44. The molecule has 0 aromatic heterocycles. The highest BCUT2D eigenvalue weighted by Gasteiger charge is 2.86. The van der Waals surface area contributed by atoms with E-state index in [1.54, 1.807) is 20.0 Å².